The molecule has 0 fully saturated rings. The number of anilines is 1. The van der Waals surface area contributed by atoms with Gasteiger partial charge in [0.1, 0.15) is 5.82 Å². The first-order valence-corrected chi connectivity index (χ1v) is 7.59. The van der Waals surface area contributed by atoms with E-state index < -0.39 is 15.8 Å². The maximum atomic E-state index is 13.6. The van der Waals surface area contributed by atoms with Crippen LogP contribution in [0.1, 0.15) is 0 Å². The fourth-order valence-electron chi connectivity index (χ4n) is 1.48. The maximum absolute atomic E-state index is 13.6. The van der Waals surface area contributed by atoms with Crippen LogP contribution in [-0.2, 0) is 10.0 Å². The summed E-state index contributed by atoms with van der Waals surface area (Å²) in [6.07, 6.45) is 0. The van der Waals surface area contributed by atoms with Crippen molar-refractivity contribution in [3.63, 3.8) is 0 Å². The van der Waals surface area contributed by atoms with Gasteiger partial charge in [-0.2, -0.15) is 0 Å². The minimum atomic E-state index is -3.91. The van der Waals surface area contributed by atoms with E-state index in [-0.39, 0.29) is 10.6 Å². The van der Waals surface area contributed by atoms with Crippen LogP contribution in [0.2, 0.25) is 0 Å². The van der Waals surface area contributed by atoms with Gasteiger partial charge in [0.25, 0.3) is 0 Å². The molecule has 19 heavy (non-hydrogen) atoms. The van der Waals surface area contributed by atoms with E-state index in [0.717, 1.165) is 11.8 Å². The van der Waals surface area contributed by atoms with Gasteiger partial charge < -0.3 is 5.73 Å². The van der Waals surface area contributed by atoms with Crippen molar-refractivity contribution in [2.45, 2.75) is 14.7 Å². The Balaban J connectivity index is 2.50. The lowest BCUT2D eigenvalue weighted by molar-refractivity contribution is 0.595. The second-order valence-corrected chi connectivity index (χ2v) is 6.40. The molecule has 4 N–H and O–H groups in total. The van der Waals surface area contributed by atoms with Crippen molar-refractivity contribution >= 4 is 27.5 Å². The summed E-state index contributed by atoms with van der Waals surface area (Å²) < 4.78 is 36.5. The van der Waals surface area contributed by atoms with Gasteiger partial charge in [-0.1, -0.05) is 23.9 Å². The molecule has 0 spiro atoms. The lowest BCUT2D eigenvalue weighted by Crippen LogP contribution is -2.13. The SMILES string of the molecule is Nc1ccc(Sc2ccccc2F)c(S(N)(=O)=O)c1. The van der Waals surface area contributed by atoms with Crippen LogP contribution in [0.5, 0.6) is 0 Å². The number of primary sulfonamides is 1. The smallest absolute Gasteiger partial charge is 0.239 e. The molecular formula is C12H11FN2O2S2. The lowest BCUT2D eigenvalue weighted by atomic mass is 10.3. The Morgan fingerprint density at radius 2 is 1.74 bits per heavy atom. The van der Waals surface area contributed by atoms with Crippen molar-refractivity contribution in [2.75, 3.05) is 5.73 Å². The average Bonchev–Trinajstić information content (AvgIpc) is 2.33. The highest BCUT2D eigenvalue weighted by molar-refractivity contribution is 8.00. The van der Waals surface area contributed by atoms with Crippen LogP contribution in [0.3, 0.4) is 0 Å². The zero-order valence-corrected chi connectivity index (χ0v) is 11.3. The number of halogens is 1. The van der Waals surface area contributed by atoms with E-state index >= 15 is 0 Å². The van der Waals surface area contributed by atoms with Crippen LogP contribution in [0.4, 0.5) is 10.1 Å². The fraction of sp³-hybridized carbons (Fsp3) is 0. The Bertz CT molecular complexity index is 717. The maximum Gasteiger partial charge on any atom is 0.239 e. The molecule has 4 nitrogen and oxygen atoms in total. The van der Waals surface area contributed by atoms with E-state index in [2.05, 4.69) is 0 Å². The Kier molecular flexibility index (Phi) is 3.79. The van der Waals surface area contributed by atoms with Crippen molar-refractivity contribution in [1.29, 1.82) is 0 Å². The molecule has 2 aromatic carbocycles. The summed E-state index contributed by atoms with van der Waals surface area (Å²) >= 11 is 0.987. The van der Waals surface area contributed by atoms with E-state index in [0.29, 0.717) is 9.79 Å². The van der Waals surface area contributed by atoms with Crippen molar-refractivity contribution in [3.05, 3.63) is 48.3 Å². The van der Waals surface area contributed by atoms with E-state index in [1.54, 1.807) is 18.2 Å². The van der Waals surface area contributed by atoms with Crippen LogP contribution in [0.25, 0.3) is 0 Å². The molecule has 0 aliphatic rings. The van der Waals surface area contributed by atoms with Crippen LogP contribution < -0.4 is 10.9 Å². The molecule has 0 saturated heterocycles. The molecule has 0 aliphatic heterocycles. The molecule has 0 radical (unpaired) electrons. The van der Waals surface area contributed by atoms with Crippen LogP contribution >= 0.6 is 11.8 Å². The zero-order chi connectivity index (χ0) is 14.0. The van der Waals surface area contributed by atoms with Crippen molar-refractivity contribution in [3.8, 4) is 0 Å². The largest absolute Gasteiger partial charge is 0.399 e. The normalized spacial score (nSPS) is 11.5. The van der Waals surface area contributed by atoms with Gasteiger partial charge in [-0.3, -0.25) is 0 Å². The number of nitrogen functional groups attached to an aromatic ring is 1. The number of sulfonamides is 1. The standard InChI is InChI=1S/C12H11FN2O2S2/c13-9-3-1-2-4-10(9)18-11-6-5-8(14)7-12(11)19(15,16)17/h1-7H,14H2,(H2,15,16,17). The van der Waals surface area contributed by atoms with Crippen molar-refractivity contribution in [2.24, 2.45) is 5.14 Å². The summed E-state index contributed by atoms with van der Waals surface area (Å²) in [5.41, 5.74) is 5.82. The summed E-state index contributed by atoms with van der Waals surface area (Å²) in [5.74, 6) is -0.426. The quantitative estimate of drug-likeness (QED) is 0.851. The average molecular weight is 298 g/mol. The molecule has 0 aliphatic carbocycles. The van der Waals surface area contributed by atoms with E-state index in [4.69, 9.17) is 10.9 Å². The summed E-state index contributed by atoms with van der Waals surface area (Å²) in [6, 6.07) is 10.4. The van der Waals surface area contributed by atoms with E-state index in [9.17, 15) is 12.8 Å². The highest BCUT2D eigenvalue weighted by Crippen LogP contribution is 2.34. The first kappa shape index (κ1) is 13.9. The van der Waals surface area contributed by atoms with Crippen molar-refractivity contribution < 1.29 is 12.8 Å². The molecule has 2 aromatic rings. The van der Waals surface area contributed by atoms with Gasteiger partial charge >= 0.3 is 0 Å². The zero-order valence-electron chi connectivity index (χ0n) is 9.71. The van der Waals surface area contributed by atoms with Crippen LogP contribution in [-0.4, -0.2) is 8.42 Å². The van der Waals surface area contributed by atoms with Crippen molar-refractivity contribution in [1.82, 2.24) is 0 Å². The molecule has 0 unspecified atom stereocenters. The molecule has 0 amide bonds. The number of hydrogen-bond donors (Lipinski definition) is 2. The highest BCUT2D eigenvalue weighted by Gasteiger charge is 2.16. The molecule has 0 atom stereocenters. The summed E-state index contributed by atoms with van der Waals surface area (Å²) in [5, 5.41) is 5.13. The topological polar surface area (TPSA) is 86.2 Å². The predicted octanol–water partition coefficient (Wildman–Crippen LogP) is 2.21. The highest BCUT2D eigenvalue weighted by atomic mass is 32.2. The van der Waals surface area contributed by atoms with Gasteiger partial charge in [-0.25, -0.2) is 17.9 Å². The van der Waals surface area contributed by atoms with Gasteiger partial charge in [0, 0.05) is 15.5 Å². The third-order valence-electron chi connectivity index (χ3n) is 2.33. The Morgan fingerprint density at radius 3 is 2.37 bits per heavy atom. The lowest BCUT2D eigenvalue weighted by Gasteiger charge is -2.08. The Labute approximate surface area is 114 Å². The third-order valence-corrected chi connectivity index (χ3v) is 4.54. The van der Waals surface area contributed by atoms with Gasteiger partial charge in [-0.05, 0) is 30.3 Å². The molecule has 0 bridgehead atoms. The fourth-order valence-corrected chi connectivity index (χ4v) is 3.44. The van der Waals surface area contributed by atoms with Crippen LogP contribution in [0, 0.1) is 5.82 Å². The minimum absolute atomic E-state index is 0.110. The Hall–Kier alpha value is -1.57. The van der Waals surface area contributed by atoms with Crippen LogP contribution in [0.15, 0.2) is 57.2 Å². The third kappa shape index (κ3) is 3.25. The predicted molar refractivity (Wildman–Crippen MR) is 72.8 cm³/mol. The molecule has 0 aromatic heterocycles. The van der Waals surface area contributed by atoms with Gasteiger partial charge in [0.05, 0.1) is 4.90 Å². The molecule has 2 rings (SSSR count). The first-order valence-electron chi connectivity index (χ1n) is 5.22. The summed E-state index contributed by atoms with van der Waals surface area (Å²) in [6.45, 7) is 0. The molecule has 100 valence electrons. The molecule has 0 saturated carbocycles. The number of hydrogen-bond acceptors (Lipinski definition) is 4. The van der Waals surface area contributed by atoms with Gasteiger partial charge in [0.2, 0.25) is 10.0 Å². The summed E-state index contributed by atoms with van der Waals surface area (Å²) in [7, 11) is -3.91. The molecular weight excluding hydrogens is 287 g/mol. The van der Waals surface area contributed by atoms with E-state index in [1.165, 1.54) is 24.3 Å². The first-order chi connectivity index (χ1) is 8.88. The molecule has 0 heterocycles. The number of nitrogens with two attached hydrogens (primary N) is 2. The Morgan fingerprint density at radius 1 is 1.05 bits per heavy atom. The second kappa shape index (κ2) is 5.20. The number of benzene rings is 2. The monoisotopic (exact) mass is 298 g/mol. The second-order valence-electron chi connectivity index (χ2n) is 3.78. The molecule has 7 heteroatoms. The van der Waals surface area contributed by atoms with E-state index in [1.807, 2.05) is 0 Å². The number of rotatable bonds is 3. The van der Waals surface area contributed by atoms with Gasteiger partial charge in [0.15, 0.2) is 0 Å². The summed E-state index contributed by atoms with van der Waals surface area (Å²) in [4.78, 5) is 0.541. The minimum Gasteiger partial charge on any atom is -0.399 e. The van der Waals surface area contributed by atoms with Gasteiger partial charge in [-0.15, -0.1) is 0 Å².